The maximum Gasteiger partial charge on any atom is 0.137 e. The number of nitrogens with zero attached hydrogens (tertiary/aromatic N) is 1. The Labute approximate surface area is 99.4 Å². The molecule has 92 valence electrons. The van der Waals surface area contributed by atoms with Gasteiger partial charge in [0.1, 0.15) is 5.78 Å². The summed E-state index contributed by atoms with van der Waals surface area (Å²) in [5, 5.41) is 0. The molecule has 0 N–H and O–H groups in total. The van der Waals surface area contributed by atoms with Crippen molar-refractivity contribution >= 4 is 5.78 Å². The van der Waals surface area contributed by atoms with E-state index >= 15 is 0 Å². The zero-order chi connectivity index (χ0) is 11.4. The summed E-state index contributed by atoms with van der Waals surface area (Å²) in [6.07, 6.45) is 9.55. The van der Waals surface area contributed by atoms with Gasteiger partial charge >= 0.3 is 0 Å². The van der Waals surface area contributed by atoms with Gasteiger partial charge in [-0.1, -0.05) is 19.8 Å². The molecule has 0 amide bonds. The van der Waals surface area contributed by atoms with Crippen LogP contribution in [-0.2, 0) is 4.79 Å². The van der Waals surface area contributed by atoms with Crippen LogP contribution >= 0.6 is 0 Å². The molecule has 0 aromatic rings. The Morgan fingerprint density at radius 3 is 2.75 bits per heavy atom. The van der Waals surface area contributed by atoms with Crippen molar-refractivity contribution < 1.29 is 4.79 Å². The number of rotatable bonds is 3. The Morgan fingerprint density at radius 1 is 1.19 bits per heavy atom. The highest BCUT2D eigenvalue weighted by Crippen LogP contribution is 2.31. The molecular formula is C14H25NO. The van der Waals surface area contributed by atoms with Crippen LogP contribution in [0.15, 0.2) is 0 Å². The summed E-state index contributed by atoms with van der Waals surface area (Å²) in [5.74, 6) is 0.930. The first-order chi connectivity index (χ1) is 7.83. The Hall–Kier alpha value is -0.370. The predicted molar refractivity (Wildman–Crippen MR) is 66.5 cm³/mol. The van der Waals surface area contributed by atoms with Crippen molar-refractivity contribution in [2.75, 3.05) is 13.1 Å². The third kappa shape index (κ3) is 2.65. The fraction of sp³-hybridized carbons (Fsp3) is 0.929. The first kappa shape index (κ1) is 12.1. The lowest BCUT2D eigenvalue weighted by molar-refractivity contribution is -0.127. The monoisotopic (exact) mass is 223 g/mol. The second-order valence-corrected chi connectivity index (χ2v) is 5.42. The van der Waals surface area contributed by atoms with Crippen LogP contribution in [0.2, 0.25) is 0 Å². The normalized spacial score (nSPS) is 32.9. The highest BCUT2D eigenvalue weighted by Gasteiger charge is 2.34. The van der Waals surface area contributed by atoms with Crippen molar-refractivity contribution in [1.29, 1.82) is 0 Å². The lowest BCUT2D eigenvalue weighted by Gasteiger charge is -2.41. The van der Waals surface area contributed by atoms with Gasteiger partial charge in [0.15, 0.2) is 0 Å². The van der Waals surface area contributed by atoms with Gasteiger partial charge in [-0.15, -0.1) is 0 Å². The average molecular weight is 223 g/mol. The summed E-state index contributed by atoms with van der Waals surface area (Å²) in [4.78, 5) is 14.6. The second-order valence-electron chi connectivity index (χ2n) is 5.42. The zero-order valence-electron chi connectivity index (χ0n) is 10.6. The molecule has 0 aromatic carbocycles. The summed E-state index contributed by atoms with van der Waals surface area (Å²) in [6, 6.07) is 0.585. The molecule has 0 spiro atoms. The Bertz CT molecular complexity index is 237. The average Bonchev–Trinajstić information content (AvgIpc) is 2.31. The molecule has 2 atom stereocenters. The van der Waals surface area contributed by atoms with Gasteiger partial charge in [0.2, 0.25) is 0 Å². The molecule has 1 aliphatic heterocycles. The molecule has 2 nitrogen and oxygen atoms in total. The fourth-order valence-electron chi connectivity index (χ4n) is 3.45. The highest BCUT2D eigenvalue weighted by atomic mass is 16.1. The molecule has 0 radical (unpaired) electrons. The van der Waals surface area contributed by atoms with E-state index in [1.807, 2.05) is 0 Å². The summed E-state index contributed by atoms with van der Waals surface area (Å²) < 4.78 is 0. The summed E-state index contributed by atoms with van der Waals surface area (Å²) >= 11 is 0. The number of carbonyl (C=O) groups excluding carboxylic acids is 1. The molecule has 1 aliphatic carbocycles. The van der Waals surface area contributed by atoms with Crippen LogP contribution in [-0.4, -0.2) is 29.8 Å². The van der Waals surface area contributed by atoms with Gasteiger partial charge in [-0.25, -0.2) is 0 Å². The summed E-state index contributed by atoms with van der Waals surface area (Å²) in [6.45, 7) is 4.66. The van der Waals surface area contributed by atoms with Crippen LogP contribution in [0.3, 0.4) is 0 Å². The molecule has 0 bridgehead atoms. The van der Waals surface area contributed by atoms with Crippen molar-refractivity contribution in [2.45, 2.75) is 64.3 Å². The maximum atomic E-state index is 12.0. The first-order valence-electron chi connectivity index (χ1n) is 7.09. The third-order valence-corrected chi connectivity index (χ3v) is 4.24. The minimum atomic E-state index is 0.376. The van der Waals surface area contributed by atoms with Gasteiger partial charge in [-0.2, -0.15) is 0 Å². The van der Waals surface area contributed by atoms with Crippen LogP contribution in [0.25, 0.3) is 0 Å². The van der Waals surface area contributed by atoms with E-state index in [1.165, 1.54) is 45.2 Å². The van der Waals surface area contributed by atoms with Crippen molar-refractivity contribution in [3.63, 3.8) is 0 Å². The fourth-order valence-corrected chi connectivity index (χ4v) is 3.45. The van der Waals surface area contributed by atoms with Gasteiger partial charge in [0, 0.05) is 18.4 Å². The van der Waals surface area contributed by atoms with E-state index in [-0.39, 0.29) is 0 Å². The van der Waals surface area contributed by atoms with Crippen LogP contribution in [0.4, 0.5) is 0 Å². The lowest BCUT2D eigenvalue weighted by Crippen LogP contribution is -2.47. The van der Waals surface area contributed by atoms with Crippen molar-refractivity contribution in [1.82, 2.24) is 4.90 Å². The minimum Gasteiger partial charge on any atom is -0.300 e. The van der Waals surface area contributed by atoms with Gasteiger partial charge < -0.3 is 0 Å². The molecule has 0 aromatic heterocycles. The number of hydrogen-bond acceptors (Lipinski definition) is 2. The number of Topliss-reactive ketones (excluding diaryl/α,β-unsaturated/α-hetero) is 1. The van der Waals surface area contributed by atoms with Crippen LogP contribution < -0.4 is 0 Å². The molecule has 1 heterocycles. The number of ketones is 1. The first-order valence-corrected chi connectivity index (χ1v) is 7.09. The highest BCUT2D eigenvalue weighted by molar-refractivity contribution is 5.82. The number of carbonyl (C=O) groups is 1. The van der Waals surface area contributed by atoms with E-state index < -0.39 is 0 Å². The lowest BCUT2D eigenvalue weighted by atomic mass is 9.79. The van der Waals surface area contributed by atoms with E-state index in [0.717, 1.165) is 19.3 Å². The molecule has 2 heteroatoms. The molecule has 1 saturated carbocycles. The molecule has 2 fully saturated rings. The van der Waals surface area contributed by atoms with Crippen molar-refractivity contribution in [3.05, 3.63) is 0 Å². The number of likely N-dealkylation sites (tertiary alicyclic amines) is 1. The Balaban J connectivity index is 2.00. The van der Waals surface area contributed by atoms with E-state index in [0.29, 0.717) is 17.7 Å². The van der Waals surface area contributed by atoms with E-state index in [4.69, 9.17) is 0 Å². The Kier molecular flexibility index (Phi) is 4.39. The van der Waals surface area contributed by atoms with E-state index in [1.54, 1.807) is 0 Å². The SMILES string of the molecule is CCCN1CCCCC1C1CCCCC1=O. The zero-order valence-corrected chi connectivity index (χ0v) is 10.6. The molecule has 2 unspecified atom stereocenters. The van der Waals surface area contributed by atoms with Gasteiger partial charge in [-0.05, 0) is 45.2 Å². The largest absolute Gasteiger partial charge is 0.300 e. The van der Waals surface area contributed by atoms with E-state index in [2.05, 4.69) is 11.8 Å². The molecule has 16 heavy (non-hydrogen) atoms. The van der Waals surface area contributed by atoms with Gasteiger partial charge in [0.05, 0.1) is 0 Å². The van der Waals surface area contributed by atoms with Crippen LogP contribution in [0.1, 0.15) is 58.3 Å². The Morgan fingerprint density at radius 2 is 2.00 bits per heavy atom. The summed E-state index contributed by atoms with van der Waals surface area (Å²) in [7, 11) is 0. The van der Waals surface area contributed by atoms with Gasteiger partial charge in [-0.3, -0.25) is 9.69 Å². The topological polar surface area (TPSA) is 20.3 Å². The minimum absolute atomic E-state index is 0.376. The molecular weight excluding hydrogens is 198 g/mol. The molecule has 1 saturated heterocycles. The molecule has 2 rings (SSSR count). The van der Waals surface area contributed by atoms with Crippen LogP contribution in [0, 0.1) is 5.92 Å². The number of piperidine rings is 1. The van der Waals surface area contributed by atoms with Gasteiger partial charge in [0.25, 0.3) is 0 Å². The summed E-state index contributed by atoms with van der Waals surface area (Å²) in [5.41, 5.74) is 0. The predicted octanol–water partition coefficient (Wildman–Crippen LogP) is 3.01. The van der Waals surface area contributed by atoms with Crippen molar-refractivity contribution in [2.24, 2.45) is 5.92 Å². The molecule has 2 aliphatic rings. The van der Waals surface area contributed by atoms with Crippen LogP contribution in [0.5, 0.6) is 0 Å². The van der Waals surface area contributed by atoms with Crippen molar-refractivity contribution in [3.8, 4) is 0 Å². The number of hydrogen-bond donors (Lipinski definition) is 0. The smallest absolute Gasteiger partial charge is 0.137 e. The standard InChI is InChI=1S/C14H25NO/c1-2-10-15-11-6-5-8-13(15)12-7-3-4-9-14(12)16/h12-13H,2-11H2,1H3. The van der Waals surface area contributed by atoms with E-state index in [9.17, 15) is 4.79 Å². The second kappa shape index (κ2) is 5.81. The maximum absolute atomic E-state index is 12.0. The third-order valence-electron chi connectivity index (χ3n) is 4.24. The quantitative estimate of drug-likeness (QED) is 0.733.